The molecule has 0 bridgehead atoms. The molecule has 0 spiro atoms. The number of methoxy groups -OCH3 is 1. The first-order valence-corrected chi connectivity index (χ1v) is 6.48. The van der Waals surface area contributed by atoms with Gasteiger partial charge in [0.1, 0.15) is 0 Å². The van der Waals surface area contributed by atoms with Crippen molar-refractivity contribution in [2.24, 2.45) is 0 Å². The molecule has 1 aliphatic heterocycles. The van der Waals surface area contributed by atoms with Crippen LogP contribution >= 0.6 is 0 Å². The number of rotatable bonds is 5. The van der Waals surface area contributed by atoms with E-state index in [9.17, 15) is 0 Å². The van der Waals surface area contributed by atoms with Crippen molar-refractivity contribution >= 4 is 0 Å². The highest BCUT2D eigenvalue weighted by Crippen LogP contribution is 2.21. The molecule has 2 aliphatic rings. The number of hydrogen-bond acceptors (Lipinski definition) is 4. The fourth-order valence-electron chi connectivity index (χ4n) is 2.68. The van der Waals surface area contributed by atoms with Gasteiger partial charge in [-0.15, -0.1) is 0 Å². The molecule has 0 aromatic rings. The quantitative estimate of drug-likeness (QED) is 0.720. The third-order valence-corrected chi connectivity index (χ3v) is 3.63. The van der Waals surface area contributed by atoms with Crippen molar-refractivity contribution < 1.29 is 9.47 Å². The van der Waals surface area contributed by atoms with Gasteiger partial charge in [-0.25, -0.2) is 0 Å². The number of nitrogens with one attached hydrogen (secondary N) is 2. The van der Waals surface area contributed by atoms with Crippen molar-refractivity contribution in [1.82, 2.24) is 10.6 Å². The molecule has 4 heteroatoms. The molecule has 3 atom stereocenters. The van der Waals surface area contributed by atoms with Gasteiger partial charge >= 0.3 is 0 Å². The molecule has 3 unspecified atom stereocenters. The maximum atomic E-state index is 5.66. The van der Waals surface area contributed by atoms with E-state index in [1.165, 1.54) is 19.3 Å². The van der Waals surface area contributed by atoms with Crippen LogP contribution in [0, 0.1) is 0 Å². The monoisotopic (exact) mass is 228 g/mol. The predicted molar refractivity (Wildman–Crippen MR) is 63.7 cm³/mol. The van der Waals surface area contributed by atoms with Crippen LogP contribution in [0.15, 0.2) is 0 Å². The lowest BCUT2D eigenvalue weighted by Crippen LogP contribution is -2.42. The zero-order valence-corrected chi connectivity index (χ0v) is 10.2. The third-order valence-electron chi connectivity index (χ3n) is 3.63. The van der Waals surface area contributed by atoms with E-state index in [0.717, 1.165) is 32.7 Å². The maximum Gasteiger partial charge on any atom is 0.0724 e. The minimum atomic E-state index is 0.392. The fourth-order valence-corrected chi connectivity index (χ4v) is 2.68. The first kappa shape index (κ1) is 12.3. The summed E-state index contributed by atoms with van der Waals surface area (Å²) in [5, 5.41) is 6.95. The zero-order chi connectivity index (χ0) is 11.2. The average molecular weight is 228 g/mol. The molecule has 0 aromatic carbocycles. The average Bonchev–Trinajstić information content (AvgIpc) is 2.78. The van der Waals surface area contributed by atoms with E-state index in [-0.39, 0.29) is 0 Å². The van der Waals surface area contributed by atoms with E-state index in [1.807, 2.05) is 7.11 Å². The van der Waals surface area contributed by atoms with E-state index in [2.05, 4.69) is 10.6 Å². The summed E-state index contributed by atoms with van der Waals surface area (Å²) < 4.78 is 11.1. The lowest BCUT2D eigenvalue weighted by atomic mass is 10.2. The topological polar surface area (TPSA) is 42.5 Å². The van der Waals surface area contributed by atoms with Crippen molar-refractivity contribution in [3.05, 3.63) is 0 Å². The van der Waals surface area contributed by atoms with Crippen molar-refractivity contribution in [2.45, 2.75) is 43.9 Å². The molecular formula is C12H24N2O2. The number of hydrogen-bond donors (Lipinski definition) is 2. The lowest BCUT2D eigenvalue weighted by Gasteiger charge is -2.25. The Labute approximate surface area is 98.1 Å². The molecule has 1 saturated carbocycles. The molecule has 2 rings (SSSR count). The second-order valence-electron chi connectivity index (χ2n) is 4.75. The molecule has 1 heterocycles. The first-order valence-electron chi connectivity index (χ1n) is 6.48. The highest BCUT2D eigenvalue weighted by Gasteiger charge is 2.26. The van der Waals surface area contributed by atoms with Gasteiger partial charge in [-0.2, -0.15) is 0 Å². The smallest absolute Gasteiger partial charge is 0.0724 e. The summed E-state index contributed by atoms with van der Waals surface area (Å²) in [4.78, 5) is 0. The molecule has 0 aromatic heterocycles. The van der Waals surface area contributed by atoms with Crippen LogP contribution in [0.5, 0.6) is 0 Å². The molecule has 0 amide bonds. The summed E-state index contributed by atoms with van der Waals surface area (Å²) in [6.07, 6.45) is 5.66. The summed E-state index contributed by atoms with van der Waals surface area (Å²) in [6.45, 7) is 3.89. The summed E-state index contributed by atoms with van der Waals surface area (Å²) in [7, 11) is 1.82. The van der Waals surface area contributed by atoms with E-state index < -0.39 is 0 Å². The molecule has 2 fully saturated rings. The van der Waals surface area contributed by atoms with Crippen LogP contribution in [0.25, 0.3) is 0 Å². The summed E-state index contributed by atoms with van der Waals surface area (Å²) in [5.74, 6) is 0. The first-order chi connectivity index (χ1) is 7.90. The van der Waals surface area contributed by atoms with Crippen LogP contribution in [0.3, 0.4) is 0 Å². The van der Waals surface area contributed by atoms with Crippen LogP contribution in [-0.4, -0.2) is 51.6 Å². The van der Waals surface area contributed by atoms with Crippen LogP contribution in [0.1, 0.15) is 25.7 Å². The minimum absolute atomic E-state index is 0.392. The highest BCUT2D eigenvalue weighted by atomic mass is 16.5. The molecule has 0 radical (unpaired) electrons. The summed E-state index contributed by atoms with van der Waals surface area (Å²) >= 11 is 0. The van der Waals surface area contributed by atoms with Crippen molar-refractivity contribution in [1.29, 1.82) is 0 Å². The Balaban J connectivity index is 1.59. The van der Waals surface area contributed by atoms with Gasteiger partial charge in [0.25, 0.3) is 0 Å². The van der Waals surface area contributed by atoms with Gasteiger partial charge in [0.15, 0.2) is 0 Å². The van der Waals surface area contributed by atoms with E-state index in [0.29, 0.717) is 18.2 Å². The van der Waals surface area contributed by atoms with Crippen molar-refractivity contribution in [3.8, 4) is 0 Å². The molecule has 1 aliphatic carbocycles. The normalized spacial score (nSPS) is 35.4. The Kier molecular flexibility index (Phi) is 5.03. The van der Waals surface area contributed by atoms with Crippen LogP contribution in [0.4, 0.5) is 0 Å². The Hall–Kier alpha value is -0.160. The second kappa shape index (κ2) is 6.55. The van der Waals surface area contributed by atoms with Gasteiger partial charge < -0.3 is 20.1 Å². The largest absolute Gasteiger partial charge is 0.380 e. The summed E-state index contributed by atoms with van der Waals surface area (Å²) in [5.41, 5.74) is 0. The molecule has 1 saturated heterocycles. The molecule has 16 heavy (non-hydrogen) atoms. The molecule has 94 valence electrons. The standard InChI is InChI=1S/C12H24N2O2/c1-15-12-4-2-3-11(12)14-6-5-10-9-13-7-8-16-10/h10-14H,2-9H2,1H3. The van der Waals surface area contributed by atoms with E-state index >= 15 is 0 Å². The fraction of sp³-hybridized carbons (Fsp3) is 1.00. The SMILES string of the molecule is COC1CCCC1NCCC1CNCCO1. The Bertz CT molecular complexity index is 195. The van der Waals surface area contributed by atoms with Crippen molar-refractivity contribution in [3.63, 3.8) is 0 Å². The van der Waals surface area contributed by atoms with Gasteiger partial charge in [-0.05, 0) is 32.2 Å². The van der Waals surface area contributed by atoms with Gasteiger partial charge in [0, 0.05) is 26.2 Å². The van der Waals surface area contributed by atoms with E-state index in [1.54, 1.807) is 0 Å². The molecular weight excluding hydrogens is 204 g/mol. The lowest BCUT2D eigenvalue weighted by molar-refractivity contribution is 0.0218. The molecule has 2 N–H and O–H groups in total. The van der Waals surface area contributed by atoms with Gasteiger partial charge in [-0.1, -0.05) is 0 Å². The molecule has 4 nitrogen and oxygen atoms in total. The van der Waals surface area contributed by atoms with E-state index in [4.69, 9.17) is 9.47 Å². The van der Waals surface area contributed by atoms with Gasteiger partial charge in [-0.3, -0.25) is 0 Å². The van der Waals surface area contributed by atoms with Crippen molar-refractivity contribution in [2.75, 3.05) is 33.4 Å². The van der Waals surface area contributed by atoms with Crippen LogP contribution in [-0.2, 0) is 9.47 Å². The Morgan fingerprint density at radius 2 is 2.38 bits per heavy atom. The number of morpholine rings is 1. The third kappa shape index (κ3) is 3.42. The zero-order valence-electron chi connectivity index (χ0n) is 10.2. The number of ether oxygens (including phenoxy) is 2. The maximum absolute atomic E-state index is 5.66. The Morgan fingerprint density at radius 3 is 3.12 bits per heavy atom. The predicted octanol–water partition coefficient (Wildman–Crippen LogP) is 0.522. The van der Waals surface area contributed by atoms with Gasteiger partial charge in [0.05, 0.1) is 18.8 Å². The van der Waals surface area contributed by atoms with Crippen LogP contribution < -0.4 is 10.6 Å². The summed E-state index contributed by atoms with van der Waals surface area (Å²) in [6, 6.07) is 0.557. The van der Waals surface area contributed by atoms with Gasteiger partial charge in [0.2, 0.25) is 0 Å². The highest BCUT2D eigenvalue weighted by molar-refractivity contribution is 4.84. The Morgan fingerprint density at radius 1 is 1.44 bits per heavy atom. The minimum Gasteiger partial charge on any atom is -0.380 e. The van der Waals surface area contributed by atoms with Crippen LogP contribution in [0.2, 0.25) is 0 Å². The second-order valence-corrected chi connectivity index (χ2v) is 4.75.